The van der Waals surface area contributed by atoms with Crippen molar-refractivity contribution < 1.29 is 0 Å². The van der Waals surface area contributed by atoms with Crippen LogP contribution in [0.4, 0.5) is 34.1 Å². The third-order valence-corrected chi connectivity index (χ3v) is 22.1. The van der Waals surface area contributed by atoms with E-state index < -0.39 is 29.3 Å². The van der Waals surface area contributed by atoms with Crippen LogP contribution in [0.1, 0.15) is 11.1 Å². The first-order chi connectivity index (χ1) is 32.6. The van der Waals surface area contributed by atoms with E-state index in [1.54, 1.807) is 0 Å². The standard InChI is InChI=1S/C62H50As2N2/c1-47-17-15-23-55(45-47)63(51-19-7-3-8-20-51)53-33-41-61(42-34-53)65(57-25-11-5-12-26-57)59-37-29-49(30-38-59)50-31-39-60(40-32-50)66(58-27-13-6-14-28-58)62-43-35-54(36-44-62)64(52-21-9-4-10-22-52)56-24-16-18-48(2)46-56/h3-46H,1-2H3. The first-order valence-electron chi connectivity index (χ1n) is 22.5. The SMILES string of the molecule is Cc1cccc([As](c2ccccc2)c2ccc(N(c3ccccc3)c3ccc(-c4ccc(N(c5ccccc5)c5ccc([As](c6ccccc6)c6cccc(C)c6)cc5)cc4)cc3)cc2)c1. The molecule has 10 rings (SSSR count). The molecule has 0 N–H and O–H groups in total. The van der Waals surface area contributed by atoms with Crippen LogP contribution in [0.25, 0.3) is 11.1 Å². The van der Waals surface area contributed by atoms with E-state index >= 15 is 0 Å². The van der Waals surface area contributed by atoms with Gasteiger partial charge in [-0.25, -0.2) is 0 Å². The van der Waals surface area contributed by atoms with Crippen LogP contribution < -0.4 is 35.9 Å². The summed E-state index contributed by atoms with van der Waals surface area (Å²) in [4.78, 5) is 4.72. The molecule has 0 aliphatic heterocycles. The Balaban J connectivity index is 0.934. The molecule has 66 heavy (non-hydrogen) atoms. The molecular formula is C62H50As2N2. The number of rotatable bonds is 13. The van der Waals surface area contributed by atoms with Crippen molar-refractivity contribution in [2.75, 3.05) is 9.80 Å². The van der Waals surface area contributed by atoms with Gasteiger partial charge in [0, 0.05) is 0 Å². The number of anilines is 6. The van der Waals surface area contributed by atoms with Crippen molar-refractivity contribution in [3.63, 3.8) is 0 Å². The normalized spacial score (nSPS) is 12.0. The van der Waals surface area contributed by atoms with Gasteiger partial charge < -0.3 is 0 Å². The van der Waals surface area contributed by atoms with Crippen LogP contribution in [0.2, 0.25) is 0 Å². The third-order valence-electron chi connectivity index (χ3n) is 11.9. The molecule has 318 valence electrons. The molecular weight excluding hydrogens is 923 g/mol. The van der Waals surface area contributed by atoms with Crippen molar-refractivity contribution in [3.8, 4) is 11.1 Å². The molecule has 0 aliphatic rings. The molecule has 4 heteroatoms. The molecule has 2 atom stereocenters. The Morgan fingerprint density at radius 3 is 0.803 bits per heavy atom. The molecule has 10 aromatic carbocycles. The van der Waals surface area contributed by atoms with Crippen molar-refractivity contribution in [1.82, 2.24) is 0 Å². The van der Waals surface area contributed by atoms with Gasteiger partial charge in [0.05, 0.1) is 0 Å². The maximum atomic E-state index is 2.38. The molecule has 0 amide bonds. The summed E-state index contributed by atoms with van der Waals surface area (Å²) < 4.78 is 8.57. The van der Waals surface area contributed by atoms with Crippen molar-refractivity contribution in [2.45, 2.75) is 13.8 Å². The maximum absolute atomic E-state index is 2.38. The van der Waals surface area contributed by atoms with E-state index in [1.165, 1.54) is 48.4 Å². The first-order valence-corrected chi connectivity index (χ1v) is 28.1. The minimum absolute atomic E-state index is 1.12. The minimum atomic E-state index is -1.76. The number of para-hydroxylation sites is 2. The third kappa shape index (κ3) is 9.49. The fourth-order valence-corrected chi connectivity index (χ4v) is 18.7. The summed E-state index contributed by atoms with van der Waals surface area (Å²) in [6.07, 6.45) is 0. The second-order valence-electron chi connectivity index (χ2n) is 16.5. The van der Waals surface area contributed by atoms with Crippen LogP contribution in [0.5, 0.6) is 0 Å². The zero-order valence-corrected chi connectivity index (χ0v) is 40.9. The van der Waals surface area contributed by atoms with E-state index in [4.69, 9.17) is 0 Å². The van der Waals surface area contributed by atoms with Crippen LogP contribution in [-0.2, 0) is 0 Å². The number of benzene rings is 10. The van der Waals surface area contributed by atoms with E-state index in [-0.39, 0.29) is 0 Å². The Hall–Kier alpha value is -7.08. The molecule has 0 radical (unpaired) electrons. The number of hydrogen-bond acceptors (Lipinski definition) is 2. The molecule has 0 aliphatic carbocycles. The van der Waals surface area contributed by atoms with Crippen molar-refractivity contribution in [2.24, 2.45) is 0 Å². The van der Waals surface area contributed by atoms with Gasteiger partial charge in [-0.1, -0.05) is 0 Å². The van der Waals surface area contributed by atoms with Crippen molar-refractivity contribution >= 4 is 89.5 Å². The summed E-state index contributed by atoms with van der Waals surface area (Å²) in [5.41, 5.74) is 11.7. The Labute approximate surface area is 399 Å². The second-order valence-corrected chi connectivity index (χ2v) is 25.8. The monoisotopic (exact) mass is 972 g/mol. The van der Waals surface area contributed by atoms with Crippen LogP contribution in [0.15, 0.2) is 267 Å². The van der Waals surface area contributed by atoms with E-state index in [0.29, 0.717) is 0 Å². The van der Waals surface area contributed by atoms with Crippen LogP contribution in [-0.4, -0.2) is 29.3 Å². The molecule has 10 aromatic rings. The summed E-state index contributed by atoms with van der Waals surface area (Å²) in [5, 5.41) is 0. The van der Waals surface area contributed by atoms with Gasteiger partial charge in [0.1, 0.15) is 0 Å². The van der Waals surface area contributed by atoms with Gasteiger partial charge >= 0.3 is 402 Å². The quantitative estimate of drug-likeness (QED) is 0.106. The fraction of sp³-hybridized carbons (Fsp3) is 0.0323. The molecule has 2 unspecified atom stereocenters. The molecule has 0 saturated heterocycles. The Morgan fingerprint density at radius 1 is 0.227 bits per heavy atom. The van der Waals surface area contributed by atoms with Gasteiger partial charge in [-0.3, -0.25) is 0 Å². The molecule has 0 saturated carbocycles. The Morgan fingerprint density at radius 2 is 0.485 bits per heavy atom. The van der Waals surface area contributed by atoms with Crippen molar-refractivity contribution in [3.05, 3.63) is 278 Å². The summed E-state index contributed by atoms with van der Waals surface area (Å²) in [6.45, 7) is 4.39. The number of aryl methyl sites for hydroxylation is 2. The molecule has 0 spiro atoms. The summed E-state index contributed by atoms with van der Waals surface area (Å²) in [5.74, 6) is 0. The van der Waals surface area contributed by atoms with Gasteiger partial charge in [0.2, 0.25) is 0 Å². The predicted octanol–water partition coefficient (Wildman–Crippen LogP) is 11.9. The summed E-state index contributed by atoms with van der Waals surface area (Å²) in [7, 11) is 0. The number of hydrogen-bond donors (Lipinski definition) is 0. The van der Waals surface area contributed by atoms with E-state index in [0.717, 1.165) is 34.1 Å². The topological polar surface area (TPSA) is 6.48 Å². The summed E-state index contributed by atoms with van der Waals surface area (Å²) >= 11 is -3.53. The van der Waals surface area contributed by atoms with Gasteiger partial charge in [0.25, 0.3) is 0 Å². The molecule has 0 bridgehead atoms. The van der Waals surface area contributed by atoms with Gasteiger partial charge in [0.15, 0.2) is 0 Å². The number of nitrogens with zero attached hydrogens (tertiary/aromatic N) is 2. The first kappa shape index (κ1) is 42.8. The van der Waals surface area contributed by atoms with Gasteiger partial charge in [-0.2, -0.15) is 0 Å². The fourth-order valence-electron chi connectivity index (χ4n) is 8.74. The van der Waals surface area contributed by atoms with E-state index in [9.17, 15) is 0 Å². The van der Waals surface area contributed by atoms with Gasteiger partial charge in [-0.15, -0.1) is 0 Å². The Kier molecular flexibility index (Phi) is 13.0. The molecule has 0 fully saturated rings. The predicted molar refractivity (Wildman–Crippen MR) is 286 cm³/mol. The van der Waals surface area contributed by atoms with Gasteiger partial charge in [-0.05, 0) is 0 Å². The molecule has 0 aromatic heterocycles. The Bertz CT molecular complexity index is 2910. The average molecular weight is 973 g/mol. The van der Waals surface area contributed by atoms with Crippen molar-refractivity contribution in [1.29, 1.82) is 0 Å². The molecule has 0 heterocycles. The van der Waals surface area contributed by atoms with E-state index in [2.05, 4.69) is 291 Å². The van der Waals surface area contributed by atoms with E-state index in [1.807, 2.05) is 0 Å². The zero-order valence-electron chi connectivity index (χ0n) is 37.2. The molecule has 2 nitrogen and oxygen atoms in total. The average Bonchev–Trinajstić information content (AvgIpc) is 3.37. The van der Waals surface area contributed by atoms with Crippen LogP contribution in [0.3, 0.4) is 0 Å². The van der Waals surface area contributed by atoms with Crippen LogP contribution >= 0.6 is 0 Å². The van der Waals surface area contributed by atoms with Crippen LogP contribution in [0, 0.1) is 13.8 Å². The summed E-state index contributed by atoms with van der Waals surface area (Å²) in [6, 6.07) is 98.3. The second kappa shape index (κ2) is 20.0. The zero-order chi connectivity index (χ0) is 44.7.